The Morgan fingerprint density at radius 2 is 2.05 bits per heavy atom. The maximum atomic E-state index is 12.1. The first-order valence-electron chi connectivity index (χ1n) is 6.91. The minimum Gasteiger partial charge on any atom is -0.271 e. The number of hydrogen-bond acceptors (Lipinski definition) is 4. The number of carbonyl (C=O) groups is 1. The molecule has 0 unspecified atom stereocenters. The first-order chi connectivity index (χ1) is 9.98. The van der Waals surface area contributed by atoms with Crippen LogP contribution in [-0.2, 0) is 26.3 Å². The van der Waals surface area contributed by atoms with Crippen molar-refractivity contribution >= 4 is 15.9 Å². The predicted molar refractivity (Wildman–Crippen MR) is 78.6 cm³/mol. The average molecular weight is 312 g/mol. The van der Waals surface area contributed by atoms with Crippen molar-refractivity contribution in [1.29, 1.82) is 0 Å². The fourth-order valence-corrected chi connectivity index (χ4v) is 3.52. The van der Waals surface area contributed by atoms with Crippen LogP contribution in [0.3, 0.4) is 0 Å². The molecule has 0 bridgehead atoms. The smallest absolute Gasteiger partial charge is 0.261 e. The van der Waals surface area contributed by atoms with E-state index in [1.165, 1.54) is 4.31 Å². The van der Waals surface area contributed by atoms with Gasteiger partial charge >= 0.3 is 0 Å². The average Bonchev–Trinajstić information content (AvgIpc) is 2.47. The summed E-state index contributed by atoms with van der Waals surface area (Å²) in [6.45, 7) is 0.633. The van der Waals surface area contributed by atoms with E-state index in [1.807, 2.05) is 30.3 Å². The number of nitrogens with one attached hydrogen (secondary N) is 1. The number of amides is 1. The quantitative estimate of drug-likeness (QED) is 0.825. The first-order valence-corrected chi connectivity index (χ1v) is 8.75. The fraction of sp³-hybridized carbons (Fsp3) is 0.500. The number of carbonyl (C=O) groups excluding carboxylic acids is 1. The normalized spacial score (nSPS) is 20.1. The summed E-state index contributed by atoms with van der Waals surface area (Å²) in [5, 5.41) is 0. The third-order valence-electron chi connectivity index (χ3n) is 3.44. The molecular formula is C14H20N2O4S. The number of benzene rings is 1. The van der Waals surface area contributed by atoms with E-state index in [2.05, 4.69) is 5.48 Å². The second kappa shape index (κ2) is 7.02. The zero-order valence-electron chi connectivity index (χ0n) is 12.0. The van der Waals surface area contributed by atoms with Crippen molar-refractivity contribution in [1.82, 2.24) is 9.79 Å². The Morgan fingerprint density at radius 3 is 2.71 bits per heavy atom. The van der Waals surface area contributed by atoms with Crippen LogP contribution < -0.4 is 5.48 Å². The minimum atomic E-state index is -3.38. The summed E-state index contributed by atoms with van der Waals surface area (Å²) in [5.74, 6) is -0.406. The third-order valence-corrected chi connectivity index (χ3v) is 4.73. The molecule has 1 aromatic rings. The summed E-state index contributed by atoms with van der Waals surface area (Å²) in [6, 6.07) is 8.75. The number of rotatable bonds is 5. The van der Waals surface area contributed by atoms with Crippen molar-refractivity contribution in [2.75, 3.05) is 12.8 Å². The van der Waals surface area contributed by atoms with E-state index < -0.39 is 22.0 Å². The van der Waals surface area contributed by atoms with Gasteiger partial charge in [0, 0.05) is 6.54 Å². The van der Waals surface area contributed by atoms with Gasteiger partial charge < -0.3 is 0 Å². The number of nitrogens with zero attached hydrogens (tertiary/aromatic N) is 1. The monoisotopic (exact) mass is 312 g/mol. The molecule has 0 aromatic heterocycles. The first kappa shape index (κ1) is 15.9. The largest absolute Gasteiger partial charge is 0.271 e. The lowest BCUT2D eigenvalue weighted by atomic mass is 10.0. The van der Waals surface area contributed by atoms with E-state index in [9.17, 15) is 13.2 Å². The molecule has 1 fully saturated rings. The van der Waals surface area contributed by atoms with Gasteiger partial charge in [-0.25, -0.2) is 13.9 Å². The van der Waals surface area contributed by atoms with Gasteiger partial charge in [0.2, 0.25) is 10.0 Å². The predicted octanol–water partition coefficient (Wildman–Crippen LogP) is 1.05. The molecular weight excluding hydrogens is 292 g/mol. The second-order valence-corrected chi connectivity index (χ2v) is 7.06. The fourth-order valence-electron chi connectivity index (χ4n) is 2.40. The van der Waals surface area contributed by atoms with Gasteiger partial charge in [-0.1, -0.05) is 36.8 Å². The Kier molecular flexibility index (Phi) is 5.33. The van der Waals surface area contributed by atoms with E-state index in [0.29, 0.717) is 13.0 Å². The van der Waals surface area contributed by atoms with E-state index in [0.717, 1.165) is 24.7 Å². The number of hydrogen-bond donors (Lipinski definition) is 1. The van der Waals surface area contributed by atoms with Crippen LogP contribution >= 0.6 is 0 Å². The van der Waals surface area contributed by atoms with Crippen LogP contribution in [0, 0.1) is 0 Å². The van der Waals surface area contributed by atoms with E-state index in [4.69, 9.17) is 4.84 Å². The molecule has 1 atom stereocenters. The second-order valence-electron chi connectivity index (χ2n) is 5.13. The van der Waals surface area contributed by atoms with Crippen molar-refractivity contribution in [2.24, 2.45) is 0 Å². The van der Waals surface area contributed by atoms with E-state index in [1.54, 1.807) is 0 Å². The van der Waals surface area contributed by atoms with Gasteiger partial charge in [0.05, 0.1) is 12.9 Å². The van der Waals surface area contributed by atoms with Crippen molar-refractivity contribution in [2.45, 2.75) is 31.9 Å². The summed E-state index contributed by atoms with van der Waals surface area (Å²) >= 11 is 0. The van der Waals surface area contributed by atoms with Gasteiger partial charge in [-0.15, -0.1) is 0 Å². The van der Waals surface area contributed by atoms with E-state index >= 15 is 0 Å². The van der Waals surface area contributed by atoms with Gasteiger partial charge in [0.1, 0.15) is 6.04 Å². The lowest BCUT2D eigenvalue weighted by Crippen LogP contribution is -2.51. The van der Waals surface area contributed by atoms with Gasteiger partial charge in [-0.2, -0.15) is 4.31 Å². The van der Waals surface area contributed by atoms with Crippen molar-refractivity contribution in [3.8, 4) is 0 Å². The minimum absolute atomic E-state index is 0.248. The molecule has 1 amide bonds. The van der Waals surface area contributed by atoms with Gasteiger partial charge in [-0.3, -0.25) is 9.63 Å². The highest BCUT2D eigenvalue weighted by Crippen LogP contribution is 2.19. The Balaban J connectivity index is 1.89. The van der Waals surface area contributed by atoms with Gasteiger partial charge in [-0.05, 0) is 18.4 Å². The SMILES string of the molecule is CS(=O)(=O)N1CCCC[C@H]1C(=O)NOCc1ccccc1. The molecule has 1 aliphatic rings. The molecule has 1 aliphatic heterocycles. The van der Waals surface area contributed by atoms with Crippen LogP contribution in [0.2, 0.25) is 0 Å². The molecule has 0 spiro atoms. The molecule has 7 heteroatoms. The van der Waals surface area contributed by atoms with Crippen molar-refractivity contribution < 1.29 is 18.0 Å². The van der Waals surface area contributed by atoms with Gasteiger partial charge in [0.25, 0.3) is 5.91 Å². The summed E-state index contributed by atoms with van der Waals surface area (Å²) in [4.78, 5) is 17.3. The molecule has 0 radical (unpaired) electrons. The lowest BCUT2D eigenvalue weighted by Gasteiger charge is -2.32. The van der Waals surface area contributed by atoms with Gasteiger partial charge in [0.15, 0.2) is 0 Å². The summed E-state index contributed by atoms with van der Waals surface area (Å²) in [5.41, 5.74) is 3.29. The Bertz CT molecular complexity index is 574. The van der Waals surface area contributed by atoms with Crippen LogP contribution in [0.4, 0.5) is 0 Å². The molecule has 0 saturated carbocycles. The Hall–Kier alpha value is -1.44. The molecule has 1 aromatic carbocycles. The van der Waals surface area contributed by atoms with Crippen molar-refractivity contribution in [3.63, 3.8) is 0 Å². The third kappa shape index (κ3) is 4.52. The van der Waals surface area contributed by atoms with Crippen LogP contribution in [-0.4, -0.2) is 37.5 Å². The van der Waals surface area contributed by atoms with Crippen LogP contribution in [0.5, 0.6) is 0 Å². The molecule has 116 valence electrons. The molecule has 21 heavy (non-hydrogen) atoms. The topological polar surface area (TPSA) is 75.7 Å². The molecule has 1 saturated heterocycles. The Labute approximate surface area is 125 Å². The lowest BCUT2D eigenvalue weighted by molar-refractivity contribution is -0.139. The van der Waals surface area contributed by atoms with Crippen LogP contribution in [0.1, 0.15) is 24.8 Å². The standard InChI is InChI=1S/C14H20N2O4S/c1-21(18,19)16-10-6-5-9-13(16)14(17)15-20-11-12-7-3-2-4-8-12/h2-4,7-8,13H,5-6,9-11H2,1H3,(H,15,17)/t13-/m0/s1. The highest BCUT2D eigenvalue weighted by atomic mass is 32.2. The zero-order chi connectivity index (χ0) is 15.3. The maximum Gasteiger partial charge on any atom is 0.261 e. The molecule has 0 aliphatic carbocycles. The molecule has 1 heterocycles. The van der Waals surface area contributed by atoms with E-state index in [-0.39, 0.29) is 6.61 Å². The van der Waals surface area contributed by atoms with Crippen LogP contribution in [0.25, 0.3) is 0 Å². The zero-order valence-corrected chi connectivity index (χ0v) is 12.8. The molecule has 1 N–H and O–H groups in total. The number of piperidine rings is 1. The van der Waals surface area contributed by atoms with Crippen LogP contribution in [0.15, 0.2) is 30.3 Å². The summed E-state index contributed by atoms with van der Waals surface area (Å²) in [7, 11) is -3.38. The number of sulfonamides is 1. The molecule has 6 nitrogen and oxygen atoms in total. The highest BCUT2D eigenvalue weighted by molar-refractivity contribution is 7.88. The number of hydroxylamine groups is 1. The summed E-state index contributed by atoms with van der Waals surface area (Å²) in [6.07, 6.45) is 3.27. The maximum absolute atomic E-state index is 12.1. The molecule has 2 rings (SSSR count). The Morgan fingerprint density at radius 1 is 1.33 bits per heavy atom. The summed E-state index contributed by atoms with van der Waals surface area (Å²) < 4.78 is 24.7. The highest BCUT2D eigenvalue weighted by Gasteiger charge is 2.34. The van der Waals surface area contributed by atoms with Crippen molar-refractivity contribution in [3.05, 3.63) is 35.9 Å².